The zero-order valence-corrected chi connectivity index (χ0v) is 13.8. The number of hydrogen-bond acceptors (Lipinski definition) is 3. The molecule has 1 aliphatic carbocycles. The molecule has 0 aromatic heterocycles. The second-order valence-electron chi connectivity index (χ2n) is 6.86. The highest BCUT2D eigenvalue weighted by Gasteiger charge is 2.38. The maximum absolute atomic E-state index is 5.32. The zero-order valence-electron chi connectivity index (χ0n) is 13.8. The fraction of sp³-hybridized carbons (Fsp3) is 1.00. The van der Waals surface area contributed by atoms with Crippen LogP contribution in [-0.2, 0) is 4.74 Å². The molecule has 1 fully saturated rings. The average Bonchev–Trinajstić information content (AvgIpc) is 2.38. The first-order valence-electron chi connectivity index (χ1n) is 7.87. The zero-order chi connectivity index (χ0) is 14.5. The van der Waals surface area contributed by atoms with Crippen LogP contribution in [0.1, 0.15) is 53.4 Å². The third-order valence-electron chi connectivity index (χ3n) is 4.87. The highest BCUT2D eigenvalue weighted by molar-refractivity contribution is 4.95. The van der Waals surface area contributed by atoms with E-state index in [1.54, 1.807) is 7.11 Å². The van der Waals surface area contributed by atoms with E-state index in [4.69, 9.17) is 4.74 Å². The van der Waals surface area contributed by atoms with Crippen LogP contribution in [0, 0.1) is 5.41 Å². The molecule has 0 amide bonds. The maximum Gasteiger partial charge on any atom is 0.0589 e. The van der Waals surface area contributed by atoms with E-state index in [-0.39, 0.29) is 0 Å². The Balaban J connectivity index is 2.81. The Kier molecular flexibility index (Phi) is 6.78. The molecule has 3 nitrogen and oxygen atoms in total. The van der Waals surface area contributed by atoms with Gasteiger partial charge in [-0.1, -0.05) is 20.8 Å². The second-order valence-corrected chi connectivity index (χ2v) is 6.86. The Hall–Kier alpha value is -0.120. The van der Waals surface area contributed by atoms with Gasteiger partial charge in [0.25, 0.3) is 0 Å². The Morgan fingerprint density at radius 3 is 2.63 bits per heavy atom. The number of rotatable bonds is 7. The molecule has 0 spiro atoms. The van der Waals surface area contributed by atoms with Crippen LogP contribution in [0.2, 0.25) is 0 Å². The molecule has 0 aromatic carbocycles. The van der Waals surface area contributed by atoms with Crippen molar-refractivity contribution in [3.63, 3.8) is 0 Å². The largest absolute Gasteiger partial charge is 0.383 e. The van der Waals surface area contributed by atoms with Crippen molar-refractivity contribution in [2.45, 2.75) is 71.5 Å². The minimum Gasteiger partial charge on any atom is -0.383 e. The molecule has 1 N–H and O–H groups in total. The van der Waals surface area contributed by atoms with Crippen molar-refractivity contribution in [3.8, 4) is 0 Å². The smallest absolute Gasteiger partial charge is 0.0589 e. The van der Waals surface area contributed by atoms with Gasteiger partial charge in [-0.3, -0.25) is 4.90 Å². The molecule has 114 valence electrons. The van der Waals surface area contributed by atoms with Gasteiger partial charge in [0.1, 0.15) is 0 Å². The van der Waals surface area contributed by atoms with Crippen molar-refractivity contribution in [3.05, 3.63) is 0 Å². The van der Waals surface area contributed by atoms with Crippen LogP contribution in [0.4, 0.5) is 0 Å². The Labute approximate surface area is 120 Å². The predicted octanol–water partition coefficient (Wildman–Crippen LogP) is 2.90. The summed E-state index contributed by atoms with van der Waals surface area (Å²) in [5.74, 6) is 0. The van der Waals surface area contributed by atoms with Gasteiger partial charge in [-0.2, -0.15) is 0 Å². The van der Waals surface area contributed by atoms with E-state index in [9.17, 15) is 0 Å². The number of likely N-dealkylation sites (N-methyl/N-ethyl adjacent to an activating group) is 1. The van der Waals surface area contributed by atoms with Crippen LogP contribution in [0.3, 0.4) is 0 Å². The van der Waals surface area contributed by atoms with E-state index in [1.807, 2.05) is 0 Å². The fourth-order valence-electron chi connectivity index (χ4n) is 3.38. The van der Waals surface area contributed by atoms with Crippen molar-refractivity contribution in [1.82, 2.24) is 10.2 Å². The lowest BCUT2D eigenvalue weighted by Crippen LogP contribution is -2.57. The molecule has 1 aliphatic rings. The summed E-state index contributed by atoms with van der Waals surface area (Å²) in [6.07, 6.45) is 5.10. The summed E-state index contributed by atoms with van der Waals surface area (Å²) in [5, 5.41) is 3.55. The van der Waals surface area contributed by atoms with Gasteiger partial charge in [-0.25, -0.2) is 0 Å². The molecule has 0 aromatic rings. The van der Waals surface area contributed by atoms with Crippen molar-refractivity contribution in [2.75, 3.05) is 27.3 Å². The minimum atomic E-state index is 0.469. The quantitative estimate of drug-likeness (QED) is 0.770. The van der Waals surface area contributed by atoms with Gasteiger partial charge in [-0.15, -0.1) is 0 Å². The molecule has 3 heteroatoms. The predicted molar refractivity (Wildman–Crippen MR) is 82.6 cm³/mol. The summed E-state index contributed by atoms with van der Waals surface area (Å²) in [6, 6.07) is 1.89. The van der Waals surface area contributed by atoms with Gasteiger partial charge in [0.15, 0.2) is 0 Å². The standard InChI is InChI=1S/C16H34N2O/c1-7-13(2)18(10-11-19-6)15-12-16(3,4)9-8-14(15)17-5/h13-15,17H,7-12H2,1-6H3. The highest BCUT2D eigenvalue weighted by Crippen LogP contribution is 2.38. The van der Waals surface area contributed by atoms with Gasteiger partial charge in [0, 0.05) is 31.8 Å². The lowest BCUT2D eigenvalue weighted by molar-refractivity contribution is 0.0235. The van der Waals surface area contributed by atoms with E-state index in [0.717, 1.165) is 13.2 Å². The van der Waals surface area contributed by atoms with Crippen LogP contribution in [0.15, 0.2) is 0 Å². The summed E-state index contributed by atoms with van der Waals surface area (Å²) in [5.41, 5.74) is 0.469. The first kappa shape index (κ1) is 16.9. The normalized spacial score (nSPS) is 28.6. The van der Waals surface area contributed by atoms with E-state index in [1.165, 1.54) is 25.7 Å². The van der Waals surface area contributed by atoms with Gasteiger partial charge in [0.2, 0.25) is 0 Å². The van der Waals surface area contributed by atoms with Crippen LogP contribution in [0.25, 0.3) is 0 Å². The summed E-state index contributed by atoms with van der Waals surface area (Å²) >= 11 is 0. The Morgan fingerprint density at radius 1 is 1.42 bits per heavy atom. The van der Waals surface area contributed by atoms with E-state index >= 15 is 0 Å². The number of ether oxygens (including phenoxy) is 1. The summed E-state index contributed by atoms with van der Waals surface area (Å²) in [7, 11) is 3.91. The van der Waals surface area contributed by atoms with E-state index in [0.29, 0.717) is 23.5 Å². The molecule has 1 saturated carbocycles. The van der Waals surface area contributed by atoms with Crippen molar-refractivity contribution in [1.29, 1.82) is 0 Å². The van der Waals surface area contributed by atoms with Gasteiger partial charge in [0.05, 0.1) is 6.61 Å². The molecular weight excluding hydrogens is 236 g/mol. The Bertz CT molecular complexity index is 255. The van der Waals surface area contributed by atoms with Crippen molar-refractivity contribution < 1.29 is 4.74 Å². The molecular formula is C16H34N2O. The molecule has 0 radical (unpaired) electrons. The average molecular weight is 270 g/mol. The van der Waals surface area contributed by atoms with Gasteiger partial charge < -0.3 is 10.1 Å². The fourth-order valence-corrected chi connectivity index (χ4v) is 3.38. The van der Waals surface area contributed by atoms with Crippen LogP contribution in [-0.4, -0.2) is 50.3 Å². The first-order chi connectivity index (χ1) is 8.95. The molecule has 0 aliphatic heterocycles. The molecule has 3 atom stereocenters. The first-order valence-corrected chi connectivity index (χ1v) is 7.87. The number of nitrogens with zero attached hydrogens (tertiary/aromatic N) is 1. The van der Waals surface area contributed by atoms with Crippen molar-refractivity contribution in [2.24, 2.45) is 5.41 Å². The van der Waals surface area contributed by atoms with E-state index < -0.39 is 0 Å². The second kappa shape index (κ2) is 7.61. The third kappa shape index (κ3) is 4.73. The molecule has 0 heterocycles. The van der Waals surface area contributed by atoms with Gasteiger partial charge in [-0.05, 0) is 45.1 Å². The maximum atomic E-state index is 5.32. The lowest BCUT2D eigenvalue weighted by Gasteiger charge is -2.48. The van der Waals surface area contributed by atoms with Crippen LogP contribution >= 0.6 is 0 Å². The number of hydrogen-bond donors (Lipinski definition) is 1. The third-order valence-corrected chi connectivity index (χ3v) is 4.87. The van der Waals surface area contributed by atoms with E-state index in [2.05, 4.69) is 45.0 Å². The summed E-state index contributed by atoms with van der Waals surface area (Å²) in [4.78, 5) is 2.67. The topological polar surface area (TPSA) is 24.5 Å². The summed E-state index contributed by atoms with van der Waals surface area (Å²) in [6.45, 7) is 11.3. The molecule has 19 heavy (non-hydrogen) atoms. The minimum absolute atomic E-state index is 0.469. The molecule has 1 rings (SSSR count). The number of methoxy groups -OCH3 is 1. The number of nitrogens with one attached hydrogen (secondary N) is 1. The highest BCUT2D eigenvalue weighted by atomic mass is 16.5. The molecule has 3 unspecified atom stereocenters. The Morgan fingerprint density at radius 2 is 2.11 bits per heavy atom. The van der Waals surface area contributed by atoms with Crippen LogP contribution in [0.5, 0.6) is 0 Å². The van der Waals surface area contributed by atoms with Gasteiger partial charge >= 0.3 is 0 Å². The summed E-state index contributed by atoms with van der Waals surface area (Å²) < 4.78 is 5.32. The molecule has 0 bridgehead atoms. The SMILES string of the molecule is CCC(C)N(CCOC)C1CC(C)(C)CCC1NC. The monoisotopic (exact) mass is 270 g/mol. The van der Waals surface area contributed by atoms with Crippen LogP contribution < -0.4 is 5.32 Å². The molecule has 0 saturated heterocycles. The van der Waals surface area contributed by atoms with Crippen molar-refractivity contribution >= 4 is 0 Å². The lowest BCUT2D eigenvalue weighted by atomic mass is 9.72.